The molecule has 136 valence electrons. The molecule has 0 spiro atoms. The van der Waals surface area contributed by atoms with Crippen LogP contribution in [0.3, 0.4) is 0 Å². The van der Waals surface area contributed by atoms with Gasteiger partial charge in [-0.1, -0.05) is 64.5 Å². The summed E-state index contributed by atoms with van der Waals surface area (Å²) in [6, 6.07) is 19.1. The lowest BCUT2D eigenvalue weighted by molar-refractivity contribution is -0.577. The van der Waals surface area contributed by atoms with Crippen molar-refractivity contribution in [2.75, 3.05) is 5.32 Å². The van der Waals surface area contributed by atoms with Crippen LogP contribution in [0.1, 0.15) is 16.7 Å². The van der Waals surface area contributed by atoms with E-state index in [0.717, 1.165) is 21.3 Å². The van der Waals surface area contributed by atoms with E-state index in [2.05, 4.69) is 21.2 Å². The zero-order chi connectivity index (χ0) is 19.4. The summed E-state index contributed by atoms with van der Waals surface area (Å²) in [5.74, 6) is -0.151. The van der Waals surface area contributed by atoms with Gasteiger partial charge in [0.2, 0.25) is 5.70 Å². The van der Waals surface area contributed by atoms with Crippen molar-refractivity contribution in [1.82, 2.24) is 0 Å². The van der Waals surface area contributed by atoms with Gasteiger partial charge >= 0.3 is 0 Å². The first-order valence-electron chi connectivity index (χ1n) is 8.49. The maximum Gasteiger partial charge on any atom is 0.238 e. The van der Waals surface area contributed by atoms with E-state index in [-0.39, 0.29) is 5.76 Å². The number of nitrogens with one attached hydrogen (secondary N) is 1. The lowest BCUT2D eigenvalue weighted by Gasteiger charge is -2.18. The number of benzene rings is 2. The van der Waals surface area contributed by atoms with E-state index >= 15 is 0 Å². The van der Waals surface area contributed by atoms with Crippen LogP contribution in [0, 0.1) is 13.8 Å². The minimum absolute atomic E-state index is 0.151. The fourth-order valence-electron chi connectivity index (χ4n) is 2.71. The van der Waals surface area contributed by atoms with Crippen LogP contribution in [0.15, 0.2) is 77.5 Å². The second kappa shape index (κ2) is 8.46. The van der Waals surface area contributed by atoms with Crippen molar-refractivity contribution in [2.24, 2.45) is 0 Å². The highest BCUT2D eigenvalue weighted by Crippen LogP contribution is 2.25. The highest BCUT2D eigenvalue weighted by Gasteiger charge is 2.20. The molecule has 1 aromatic heterocycles. The number of nitrogens with zero attached hydrogens (tertiary/aromatic N) is 1. The maximum atomic E-state index is 13.3. The summed E-state index contributed by atoms with van der Waals surface area (Å²) in [6.07, 6.45) is 3.64. The standard InChI is InChI=1S/C22H19BrN2OS/c1-15-10-11-16(2)19(14-15)24-22(27)20(25-12-6-3-7-13-25)21(26)17-8-4-5-9-18(17)23/h3-14H,1-2H3,(H-,24,26,27). The molecular weight excluding hydrogens is 420 g/mol. The molecule has 3 nitrogen and oxygen atoms in total. The minimum Gasteiger partial charge on any atom is -0.867 e. The Morgan fingerprint density at radius 1 is 1.00 bits per heavy atom. The quantitative estimate of drug-likeness (QED) is 0.282. The van der Waals surface area contributed by atoms with Crippen molar-refractivity contribution in [3.05, 3.63) is 94.2 Å². The lowest BCUT2D eigenvalue weighted by Crippen LogP contribution is -2.39. The molecule has 0 saturated heterocycles. The number of pyridine rings is 1. The van der Waals surface area contributed by atoms with E-state index in [1.807, 2.05) is 80.8 Å². The summed E-state index contributed by atoms with van der Waals surface area (Å²) >= 11 is 9.12. The molecule has 2 aromatic carbocycles. The normalized spacial score (nSPS) is 11.7. The average Bonchev–Trinajstić information content (AvgIpc) is 2.66. The summed E-state index contributed by atoms with van der Waals surface area (Å²) in [5, 5.41) is 16.6. The number of hydrogen-bond acceptors (Lipinski definition) is 2. The first-order chi connectivity index (χ1) is 13.0. The molecule has 1 N–H and O–H groups in total. The van der Waals surface area contributed by atoms with Gasteiger partial charge in [0.1, 0.15) is 0 Å². The van der Waals surface area contributed by atoms with Gasteiger partial charge in [-0.2, -0.15) is 4.57 Å². The number of rotatable bonds is 4. The van der Waals surface area contributed by atoms with Crippen LogP contribution in [0.5, 0.6) is 0 Å². The molecule has 0 aliphatic heterocycles. The molecule has 1 heterocycles. The largest absolute Gasteiger partial charge is 0.867 e. The Morgan fingerprint density at radius 3 is 2.41 bits per heavy atom. The molecule has 0 bridgehead atoms. The van der Waals surface area contributed by atoms with Crippen LogP contribution >= 0.6 is 28.1 Å². The molecule has 0 aliphatic carbocycles. The predicted octanol–water partition coefficient (Wildman–Crippen LogP) is 4.48. The topological polar surface area (TPSA) is 39.0 Å². The zero-order valence-corrected chi connectivity index (χ0v) is 17.5. The molecule has 0 unspecified atom stereocenters. The number of aryl methyl sites for hydroxylation is 2. The summed E-state index contributed by atoms with van der Waals surface area (Å²) < 4.78 is 2.49. The van der Waals surface area contributed by atoms with Gasteiger partial charge in [-0.25, -0.2) is 0 Å². The molecule has 0 amide bonds. The zero-order valence-electron chi connectivity index (χ0n) is 15.1. The van der Waals surface area contributed by atoms with Gasteiger partial charge < -0.3 is 10.4 Å². The van der Waals surface area contributed by atoms with Gasteiger partial charge in [-0.15, -0.1) is 0 Å². The van der Waals surface area contributed by atoms with Gasteiger partial charge in [-0.3, -0.25) is 0 Å². The van der Waals surface area contributed by atoms with Crippen LogP contribution in [-0.2, 0) is 0 Å². The molecule has 0 radical (unpaired) electrons. The maximum absolute atomic E-state index is 13.3. The number of halogens is 1. The highest BCUT2D eigenvalue weighted by atomic mass is 79.9. The molecule has 0 atom stereocenters. The Hall–Kier alpha value is -2.50. The number of aromatic nitrogens is 1. The van der Waals surface area contributed by atoms with Crippen LogP contribution < -0.4 is 15.0 Å². The number of hydrogen-bond donors (Lipinski definition) is 1. The van der Waals surface area contributed by atoms with E-state index in [9.17, 15) is 5.11 Å². The van der Waals surface area contributed by atoms with Gasteiger partial charge in [0.15, 0.2) is 17.4 Å². The molecule has 27 heavy (non-hydrogen) atoms. The van der Waals surface area contributed by atoms with Crippen molar-refractivity contribution < 1.29 is 9.67 Å². The summed E-state index contributed by atoms with van der Waals surface area (Å²) in [6.45, 7) is 4.03. The average molecular weight is 439 g/mol. The minimum atomic E-state index is -0.151. The third-order valence-electron chi connectivity index (χ3n) is 4.16. The van der Waals surface area contributed by atoms with Gasteiger partial charge in [0.05, 0.1) is 0 Å². The smallest absolute Gasteiger partial charge is 0.238 e. The van der Waals surface area contributed by atoms with Gasteiger partial charge in [0, 0.05) is 22.3 Å². The van der Waals surface area contributed by atoms with Gasteiger partial charge in [-0.05, 0) is 48.4 Å². The Labute approximate surface area is 173 Å². The van der Waals surface area contributed by atoms with Crippen LogP contribution in [-0.4, -0.2) is 4.99 Å². The highest BCUT2D eigenvalue weighted by molar-refractivity contribution is 9.10. The predicted molar refractivity (Wildman–Crippen MR) is 116 cm³/mol. The third kappa shape index (κ3) is 4.43. The summed E-state index contributed by atoms with van der Waals surface area (Å²) in [4.78, 5) is 0.376. The van der Waals surface area contributed by atoms with Crippen LogP contribution in [0.4, 0.5) is 5.69 Å². The second-order valence-corrected chi connectivity index (χ2v) is 7.48. The molecular formula is C22H19BrN2OS. The Bertz CT molecular complexity index is 1020. The van der Waals surface area contributed by atoms with E-state index in [1.54, 1.807) is 10.6 Å². The molecule has 0 fully saturated rings. The van der Waals surface area contributed by atoms with Crippen molar-refractivity contribution in [3.63, 3.8) is 0 Å². The van der Waals surface area contributed by atoms with E-state index in [1.165, 1.54) is 0 Å². The SMILES string of the molecule is Cc1ccc(C)c(NC(=S)/C(=C(\[O-])c2ccccc2Br)[n+]2ccccc2)c1. The number of thiocarbonyl (C=S) groups is 1. The number of anilines is 1. The van der Waals surface area contributed by atoms with Crippen molar-refractivity contribution in [3.8, 4) is 0 Å². The van der Waals surface area contributed by atoms with Crippen molar-refractivity contribution >= 4 is 50.3 Å². The molecule has 5 heteroatoms. The summed E-state index contributed by atoms with van der Waals surface area (Å²) in [7, 11) is 0. The van der Waals surface area contributed by atoms with Gasteiger partial charge in [0.25, 0.3) is 0 Å². The molecule has 0 aliphatic rings. The first-order valence-corrected chi connectivity index (χ1v) is 9.69. The molecule has 0 saturated carbocycles. The monoisotopic (exact) mass is 438 g/mol. The van der Waals surface area contributed by atoms with Crippen LogP contribution in [0.25, 0.3) is 11.5 Å². The van der Waals surface area contributed by atoms with Crippen LogP contribution in [0.2, 0.25) is 0 Å². The van der Waals surface area contributed by atoms with E-state index < -0.39 is 0 Å². The summed E-state index contributed by atoms with van der Waals surface area (Å²) in [5.41, 5.74) is 4.05. The Morgan fingerprint density at radius 2 is 1.70 bits per heavy atom. The molecule has 3 rings (SSSR count). The lowest BCUT2D eigenvalue weighted by atomic mass is 10.1. The Balaban J connectivity index is 2.11. The first kappa shape index (κ1) is 19.3. The fraction of sp³-hybridized carbons (Fsp3) is 0.0909. The molecule has 3 aromatic rings. The second-order valence-electron chi connectivity index (χ2n) is 6.21. The van der Waals surface area contributed by atoms with E-state index in [4.69, 9.17) is 12.2 Å². The van der Waals surface area contributed by atoms with E-state index in [0.29, 0.717) is 16.2 Å². The third-order valence-corrected chi connectivity index (χ3v) is 5.15. The van der Waals surface area contributed by atoms with Crippen molar-refractivity contribution in [1.29, 1.82) is 0 Å². The van der Waals surface area contributed by atoms with Crippen molar-refractivity contribution in [2.45, 2.75) is 13.8 Å². The fourth-order valence-corrected chi connectivity index (χ4v) is 3.48. The Kier molecular flexibility index (Phi) is 6.04.